The summed E-state index contributed by atoms with van der Waals surface area (Å²) < 4.78 is 1.48. The molecule has 0 aromatic heterocycles. The van der Waals surface area contributed by atoms with Crippen LogP contribution >= 0.6 is 0 Å². The fraction of sp³-hybridized carbons (Fsp3) is 0.900. The molecular formula is C40H78IN. The van der Waals surface area contributed by atoms with E-state index in [-0.39, 0.29) is 24.0 Å². The lowest BCUT2D eigenvalue weighted by Gasteiger charge is -2.34. The molecule has 1 saturated heterocycles. The Hall–Kier alpha value is 0.170. The van der Waals surface area contributed by atoms with Gasteiger partial charge in [-0.2, -0.15) is 0 Å². The third kappa shape index (κ3) is 27.7. The molecule has 0 amide bonds. The Bertz CT molecular complexity index is 518. The lowest BCUT2D eigenvalue weighted by atomic mass is 10.1. The third-order valence-corrected chi connectivity index (χ3v) is 9.80. The Balaban J connectivity index is 0.0000168. The molecule has 1 heterocycles. The van der Waals surface area contributed by atoms with Crippen LogP contribution in [0.1, 0.15) is 206 Å². The van der Waals surface area contributed by atoms with Gasteiger partial charge < -0.3 is 28.5 Å². The first-order chi connectivity index (χ1) is 20.3. The number of likely N-dealkylation sites (tertiary alicyclic amines) is 1. The summed E-state index contributed by atoms with van der Waals surface area (Å²) in [7, 11) is 0. The molecule has 42 heavy (non-hydrogen) atoms. The van der Waals surface area contributed by atoms with E-state index in [1.54, 1.807) is 0 Å². The van der Waals surface area contributed by atoms with Crippen molar-refractivity contribution in [3.63, 3.8) is 0 Å². The number of unbranched alkanes of at least 4 members (excludes halogenated alkanes) is 24. The molecule has 250 valence electrons. The van der Waals surface area contributed by atoms with Gasteiger partial charge in [0.25, 0.3) is 0 Å². The highest BCUT2D eigenvalue weighted by Crippen LogP contribution is 2.23. The van der Waals surface area contributed by atoms with Crippen LogP contribution in [-0.4, -0.2) is 30.7 Å². The van der Waals surface area contributed by atoms with Gasteiger partial charge in [0.2, 0.25) is 0 Å². The van der Waals surface area contributed by atoms with Crippen LogP contribution in [0, 0.1) is 0 Å². The standard InChI is InChI=1S/C40H78N.HI/c1-3-5-7-9-11-13-15-17-19-21-23-25-27-29-31-33-37-41(39-35-36-40-41)38-34-32-30-28-26-24-22-20-18-16-14-12-10-8-6-4-2;/h17-20H,3-16,21-40H2,1-2H3;1H/q+1;/p-1/b19-17-,20-18-;. The molecule has 0 radical (unpaired) electrons. The summed E-state index contributed by atoms with van der Waals surface area (Å²) in [5.41, 5.74) is 0. The molecule has 1 nitrogen and oxygen atoms in total. The molecule has 0 saturated carbocycles. The smallest absolute Gasteiger partial charge is 0.0788 e. The van der Waals surface area contributed by atoms with Crippen molar-refractivity contribution in [3.05, 3.63) is 24.3 Å². The molecule has 0 atom stereocenters. The van der Waals surface area contributed by atoms with Crippen LogP contribution < -0.4 is 24.0 Å². The van der Waals surface area contributed by atoms with E-state index in [1.165, 1.54) is 223 Å². The predicted molar refractivity (Wildman–Crippen MR) is 188 cm³/mol. The minimum atomic E-state index is 0. The van der Waals surface area contributed by atoms with E-state index in [1.807, 2.05) is 0 Å². The van der Waals surface area contributed by atoms with Crippen molar-refractivity contribution < 1.29 is 28.5 Å². The molecule has 0 bridgehead atoms. The zero-order valence-corrected chi connectivity index (χ0v) is 31.3. The number of nitrogens with zero attached hydrogens (tertiary/aromatic N) is 1. The maximum Gasteiger partial charge on any atom is 0.0788 e. The van der Waals surface area contributed by atoms with E-state index < -0.39 is 0 Å². The Morgan fingerprint density at radius 3 is 0.929 bits per heavy atom. The van der Waals surface area contributed by atoms with Gasteiger partial charge in [-0.15, -0.1) is 0 Å². The summed E-state index contributed by atoms with van der Waals surface area (Å²) in [6, 6.07) is 0. The third-order valence-electron chi connectivity index (χ3n) is 9.80. The van der Waals surface area contributed by atoms with Gasteiger partial charge in [-0.05, 0) is 77.0 Å². The highest BCUT2D eigenvalue weighted by molar-refractivity contribution is 4.82. The van der Waals surface area contributed by atoms with Crippen LogP contribution in [0.3, 0.4) is 0 Å². The topological polar surface area (TPSA) is 0 Å². The second-order valence-corrected chi connectivity index (χ2v) is 13.8. The van der Waals surface area contributed by atoms with E-state index in [2.05, 4.69) is 38.2 Å². The minimum Gasteiger partial charge on any atom is -1.00 e. The summed E-state index contributed by atoms with van der Waals surface area (Å²) in [5, 5.41) is 0. The number of halogens is 1. The van der Waals surface area contributed by atoms with Crippen molar-refractivity contribution in [1.82, 2.24) is 0 Å². The summed E-state index contributed by atoms with van der Waals surface area (Å²) in [5.74, 6) is 0. The SMILES string of the molecule is CCCCCCCC/C=C\CCCCCCCC[N+]1(CCCCCCCC/C=C\CCCCCCCC)CCCC1.[I-]. The number of allylic oxidation sites excluding steroid dienone is 4. The fourth-order valence-corrected chi connectivity index (χ4v) is 6.95. The number of hydrogen-bond acceptors (Lipinski definition) is 0. The maximum atomic E-state index is 2.46. The van der Waals surface area contributed by atoms with E-state index in [4.69, 9.17) is 0 Å². The van der Waals surface area contributed by atoms with Crippen LogP contribution in [0.5, 0.6) is 0 Å². The normalized spacial score (nSPS) is 14.8. The highest BCUT2D eigenvalue weighted by atomic mass is 127. The summed E-state index contributed by atoms with van der Waals surface area (Å²) in [6.07, 6.45) is 52.5. The van der Waals surface area contributed by atoms with Gasteiger partial charge in [0.1, 0.15) is 0 Å². The quantitative estimate of drug-likeness (QED) is 0.0284. The monoisotopic (exact) mass is 700 g/mol. The number of quaternary nitrogens is 1. The minimum absolute atomic E-state index is 0. The molecule has 1 aliphatic rings. The summed E-state index contributed by atoms with van der Waals surface area (Å²) >= 11 is 0. The van der Waals surface area contributed by atoms with E-state index in [9.17, 15) is 0 Å². The van der Waals surface area contributed by atoms with Crippen molar-refractivity contribution in [1.29, 1.82) is 0 Å². The van der Waals surface area contributed by atoms with Gasteiger partial charge in [-0.1, -0.05) is 141 Å². The number of rotatable bonds is 32. The Morgan fingerprint density at radius 1 is 0.357 bits per heavy atom. The molecular weight excluding hydrogens is 621 g/mol. The van der Waals surface area contributed by atoms with Crippen molar-refractivity contribution in [3.8, 4) is 0 Å². The van der Waals surface area contributed by atoms with E-state index in [0.29, 0.717) is 0 Å². The molecule has 1 fully saturated rings. The molecule has 0 aromatic rings. The lowest BCUT2D eigenvalue weighted by Crippen LogP contribution is -3.00. The average Bonchev–Trinajstić information content (AvgIpc) is 3.45. The highest BCUT2D eigenvalue weighted by Gasteiger charge is 2.30. The second-order valence-electron chi connectivity index (χ2n) is 13.8. The van der Waals surface area contributed by atoms with Crippen LogP contribution in [0.2, 0.25) is 0 Å². The maximum absolute atomic E-state index is 2.46. The Kier molecular flexibility index (Phi) is 34.2. The Labute approximate surface area is 284 Å². The fourth-order valence-electron chi connectivity index (χ4n) is 6.95. The number of hydrogen-bond donors (Lipinski definition) is 0. The van der Waals surface area contributed by atoms with Gasteiger partial charge in [0, 0.05) is 12.8 Å². The second kappa shape index (κ2) is 34.1. The van der Waals surface area contributed by atoms with Crippen LogP contribution in [0.15, 0.2) is 24.3 Å². The molecule has 0 unspecified atom stereocenters. The van der Waals surface area contributed by atoms with Gasteiger partial charge in [-0.3, -0.25) is 0 Å². The zero-order chi connectivity index (χ0) is 29.4. The molecule has 0 aliphatic carbocycles. The van der Waals surface area contributed by atoms with Crippen molar-refractivity contribution >= 4 is 0 Å². The molecule has 0 spiro atoms. The van der Waals surface area contributed by atoms with Crippen molar-refractivity contribution in [2.75, 3.05) is 26.2 Å². The first-order valence-corrected chi connectivity index (χ1v) is 19.5. The predicted octanol–water partition coefficient (Wildman–Crippen LogP) is 10.7. The molecule has 2 heteroatoms. The zero-order valence-electron chi connectivity index (χ0n) is 29.2. The lowest BCUT2D eigenvalue weighted by molar-refractivity contribution is -0.917. The van der Waals surface area contributed by atoms with Crippen molar-refractivity contribution in [2.45, 2.75) is 206 Å². The molecule has 1 rings (SSSR count). The van der Waals surface area contributed by atoms with Gasteiger partial charge in [0.15, 0.2) is 0 Å². The summed E-state index contributed by atoms with van der Waals surface area (Å²) in [6.45, 7) is 10.5. The van der Waals surface area contributed by atoms with Crippen LogP contribution in [0.4, 0.5) is 0 Å². The van der Waals surface area contributed by atoms with Crippen LogP contribution in [-0.2, 0) is 0 Å². The van der Waals surface area contributed by atoms with Crippen LogP contribution in [0.25, 0.3) is 0 Å². The largest absolute Gasteiger partial charge is 1.00 e. The van der Waals surface area contributed by atoms with E-state index >= 15 is 0 Å². The average molecular weight is 700 g/mol. The summed E-state index contributed by atoms with van der Waals surface area (Å²) in [4.78, 5) is 0. The van der Waals surface area contributed by atoms with Crippen molar-refractivity contribution in [2.24, 2.45) is 0 Å². The Morgan fingerprint density at radius 2 is 0.619 bits per heavy atom. The molecule has 0 aromatic carbocycles. The van der Waals surface area contributed by atoms with Gasteiger partial charge in [0.05, 0.1) is 26.2 Å². The molecule has 0 N–H and O–H groups in total. The first kappa shape index (κ1) is 42.2. The first-order valence-electron chi connectivity index (χ1n) is 19.5. The van der Waals surface area contributed by atoms with Gasteiger partial charge >= 0.3 is 0 Å². The molecule has 1 aliphatic heterocycles. The van der Waals surface area contributed by atoms with Gasteiger partial charge in [-0.25, -0.2) is 0 Å². The van der Waals surface area contributed by atoms with E-state index in [0.717, 1.165) is 0 Å².